The fraction of sp³-hybridized carbons (Fsp3) is 0. The van der Waals surface area contributed by atoms with Gasteiger partial charge in [-0.05, 0) is 0 Å². The second-order valence-corrected chi connectivity index (χ2v) is 2.68. The quantitative estimate of drug-likeness (QED) is 0.190. The summed E-state index contributed by atoms with van der Waals surface area (Å²) < 4.78 is 17.1. The Hall–Kier alpha value is 2.50. The first-order chi connectivity index (χ1) is 4.00. The number of hydrogen-bond acceptors (Lipinski definition) is 8. The number of hydrogen-bond donors (Lipinski definition) is 0. The second kappa shape index (κ2) is 22.7. The van der Waals surface area contributed by atoms with Crippen molar-refractivity contribution in [2.45, 2.75) is 0 Å². The van der Waals surface area contributed by atoms with E-state index in [0.29, 0.717) is 0 Å². The SMILES string of the molecule is O.O.O.O=P([O-])([O-])[O-].O=P([O-])([O-])[O-].[Sn+2].[Sn+2].[Sn+2]. The van der Waals surface area contributed by atoms with E-state index in [1.165, 1.54) is 0 Å². The van der Waals surface area contributed by atoms with Gasteiger partial charge < -0.3 is 54.9 Å². The van der Waals surface area contributed by atoms with Gasteiger partial charge in [-0.15, -0.1) is 0 Å². The van der Waals surface area contributed by atoms with Crippen molar-refractivity contribution in [3.63, 3.8) is 0 Å². The number of rotatable bonds is 0. The summed E-state index contributed by atoms with van der Waals surface area (Å²) in [4.78, 5) is 51.3. The van der Waals surface area contributed by atoms with Gasteiger partial charge in [0.1, 0.15) is 0 Å². The van der Waals surface area contributed by atoms with Gasteiger partial charge in [-0.3, -0.25) is 0 Å². The molecule has 0 saturated carbocycles. The first-order valence-electron chi connectivity index (χ1n) is 1.46. The predicted octanol–water partition coefficient (Wildman–Crippen LogP) is -9.27. The Bertz CT molecular complexity index is 132. The van der Waals surface area contributed by atoms with Crippen LogP contribution < -0.4 is 29.4 Å². The molecule has 94 valence electrons. The molecule has 6 radical (unpaired) electrons. The van der Waals surface area contributed by atoms with Crippen LogP contribution in [-0.4, -0.2) is 88.2 Å². The van der Waals surface area contributed by atoms with Crippen LogP contribution in [-0.2, 0) is 9.13 Å². The monoisotopic (exact) mass is 604 g/mol. The molecule has 0 unspecified atom stereocenters. The average molecular weight is 600 g/mol. The predicted molar refractivity (Wildman–Crippen MR) is 43.3 cm³/mol. The third-order valence-electron chi connectivity index (χ3n) is 0. The van der Waals surface area contributed by atoms with E-state index in [4.69, 9.17) is 38.5 Å². The molecule has 0 heterocycles. The zero-order valence-corrected chi connectivity index (χ0v) is 17.5. The molecule has 0 aliphatic rings. The van der Waals surface area contributed by atoms with Gasteiger partial charge in [0, 0.05) is 0 Å². The van der Waals surface area contributed by atoms with Crippen LogP contribution in [0.4, 0.5) is 0 Å². The third kappa shape index (κ3) is 636. The molecule has 0 aliphatic heterocycles. The van der Waals surface area contributed by atoms with Crippen molar-refractivity contribution in [2.75, 3.05) is 0 Å². The minimum absolute atomic E-state index is 0. The Kier molecular flexibility index (Phi) is 72.8. The van der Waals surface area contributed by atoms with Gasteiger partial charge in [0.15, 0.2) is 0 Å². The Morgan fingerprint density at radius 2 is 0.500 bits per heavy atom. The molecule has 0 spiro atoms. The molecule has 0 amide bonds. The smallest absolute Gasteiger partial charge is 0.822 e. The summed E-state index contributed by atoms with van der Waals surface area (Å²) in [5, 5.41) is 0. The maximum Gasteiger partial charge on any atom is 2.00 e. The zero-order chi connectivity index (χ0) is 9.00. The van der Waals surface area contributed by atoms with Crippen molar-refractivity contribution in [1.82, 2.24) is 0 Å². The van der Waals surface area contributed by atoms with Crippen molar-refractivity contribution in [3.8, 4) is 0 Å². The molecular weight excluding hydrogens is 594 g/mol. The van der Waals surface area contributed by atoms with Gasteiger partial charge in [-0.25, -0.2) is 0 Å². The van der Waals surface area contributed by atoms with Crippen LogP contribution >= 0.6 is 15.6 Å². The maximum atomic E-state index is 8.55. The Morgan fingerprint density at radius 1 is 0.500 bits per heavy atom. The largest absolute Gasteiger partial charge is 2.00 e. The molecule has 0 bridgehead atoms. The minimum Gasteiger partial charge on any atom is -0.822 e. The fourth-order valence-corrected chi connectivity index (χ4v) is 0. The topological polar surface area (TPSA) is 267 Å². The summed E-state index contributed by atoms with van der Waals surface area (Å²) in [5.74, 6) is 0. The summed E-state index contributed by atoms with van der Waals surface area (Å²) in [6, 6.07) is 0. The Balaban J connectivity index is -0.00000000970. The van der Waals surface area contributed by atoms with Crippen LogP contribution in [0.2, 0.25) is 0 Å². The van der Waals surface area contributed by atoms with Crippen molar-refractivity contribution in [2.24, 2.45) is 0 Å². The van der Waals surface area contributed by atoms with Gasteiger partial charge in [0.2, 0.25) is 0 Å². The summed E-state index contributed by atoms with van der Waals surface area (Å²) >= 11 is 0. The molecule has 0 aromatic carbocycles. The van der Waals surface area contributed by atoms with Gasteiger partial charge in [0.25, 0.3) is 0 Å². The van der Waals surface area contributed by atoms with Crippen LogP contribution in [0.1, 0.15) is 0 Å². The van der Waals surface area contributed by atoms with E-state index in [9.17, 15) is 0 Å². The van der Waals surface area contributed by atoms with E-state index in [2.05, 4.69) is 0 Å². The van der Waals surface area contributed by atoms with E-state index in [0.717, 1.165) is 0 Å². The molecular formula is H6O11P2Sn3. The molecule has 0 aromatic rings. The molecule has 0 aliphatic carbocycles. The van der Waals surface area contributed by atoms with E-state index in [-0.39, 0.29) is 88.2 Å². The Labute approximate surface area is 141 Å². The summed E-state index contributed by atoms with van der Waals surface area (Å²) in [6.45, 7) is 0. The van der Waals surface area contributed by atoms with Gasteiger partial charge in [-0.1, -0.05) is 0 Å². The molecule has 11 nitrogen and oxygen atoms in total. The molecule has 16 heavy (non-hydrogen) atoms. The summed E-state index contributed by atoms with van der Waals surface area (Å²) in [5.41, 5.74) is 0. The average Bonchev–Trinajstić information content (AvgIpc) is 1.12. The normalized spacial score (nSPS) is 7.38. The fourth-order valence-electron chi connectivity index (χ4n) is 0. The van der Waals surface area contributed by atoms with E-state index in [1.54, 1.807) is 0 Å². The maximum absolute atomic E-state index is 8.55. The molecule has 0 fully saturated rings. The number of phosphoric acid groups is 2. The minimum atomic E-state index is -5.39. The van der Waals surface area contributed by atoms with Crippen LogP contribution in [0, 0.1) is 0 Å². The molecule has 0 rings (SSSR count). The molecule has 16 heteroatoms. The van der Waals surface area contributed by atoms with Crippen LogP contribution in [0.3, 0.4) is 0 Å². The first kappa shape index (κ1) is 51.4. The Morgan fingerprint density at radius 3 is 0.500 bits per heavy atom. The standard InChI is InChI=1S/2H3O4P.3H2O.3Sn/c2*1-5(2,3)4;;;;;;/h2*(H3,1,2,3,4);3*1H2;;;/q;;;;;3*+2/p-6. The molecule has 6 N–H and O–H groups in total. The third-order valence-corrected chi connectivity index (χ3v) is 0. The van der Waals surface area contributed by atoms with E-state index >= 15 is 0 Å². The molecule has 0 atom stereocenters. The van der Waals surface area contributed by atoms with E-state index < -0.39 is 15.6 Å². The molecule has 0 aromatic heterocycles. The van der Waals surface area contributed by atoms with Crippen molar-refractivity contribution in [1.29, 1.82) is 0 Å². The second-order valence-electron chi connectivity index (χ2n) is 0.894. The van der Waals surface area contributed by atoms with Gasteiger partial charge in [-0.2, -0.15) is 15.6 Å². The van der Waals surface area contributed by atoms with Crippen LogP contribution in [0.25, 0.3) is 0 Å². The zero-order valence-electron chi connectivity index (χ0n) is 7.16. The van der Waals surface area contributed by atoms with Gasteiger partial charge in [0.05, 0.1) is 0 Å². The van der Waals surface area contributed by atoms with Crippen LogP contribution in [0.15, 0.2) is 0 Å². The van der Waals surface area contributed by atoms with Crippen molar-refractivity contribution in [3.05, 3.63) is 0 Å². The van der Waals surface area contributed by atoms with Crippen molar-refractivity contribution >= 4 is 87.4 Å². The summed E-state index contributed by atoms with van der Waals surface area (Å²) in [7, 11) is -10.8. The van der Waals surface area contributed by atoms with E-state index in [1.807, 2.05) is 0 Å². The first-order valence-corrected chi connectivity index (χ1v) is 4.38. The summed E-state index contributed by atoms with van der Waals surface area (Å²) in [6.07, 6.45) is 0. The molecule has 0 saturated heterocycles. The van der Waals surface area contributed by atoms with Crippen LogP contribution in [0.5, 0.6) is 0 Å². The van der Waals surface area contributed by atoms with Crippen molar-refractivity contribution < 1.29 is 54.9 Å². The van der Waals surface area contributed by atoms with Gasteiger partial charge >= 0.3 is 71.7 Å².